The second kappa shape index (κ2) is 8.26. The van der Waals surface area contributed by atoms with Gasteiger partial charge in [0.15, 0.2) is 0 Å². The van der Waals surface area contributed by atoms with Crippen LogP contribution >= 0.6 is 11.8 Å². The van der Waals surface area contributed by atoms with Crippen molar-refractivity contribution in [2.45, 2.75) is 25.8 Å². The van der Waals surface area contributed by atoms with Crippen LogP contribution in [0.25, 0.3) is 0 Å². The van der Waals surface area contributed by atoms with Crippen LogP contribution in [-0.2, 0) is 6.54 Å². The largest absolute Gasteiger partial charge is 0.449 e. The van der Waals surface area contributed by atoms with E-state index in [9.17, 15) is 0 Å². The van der Waals surface area contributed by atoms with Gasteiger partial charge in [-0.25, -0.2) is 0 Å². The first kappa shape index (κ1) is 13.1. The number of nitriles is 1. The summed E-state index contributed by atoms with van der Waals surface area (Å²) in [6.45, 7) is 1.72. The molecule has 1 aromatic heterocycles. The Morgan fingerprint density at radius 1 is 1.38 bits per heavy atom. The molecule has 1 heterocycles. The average Bonchev–Trinajstić information content (AvgIpc) is 2.76. The van der Waals surface area contributed by atoms with Gasteiger partial charge in [-0.1, -0.05) is 6.42 Å². The van der Waals surface area contributed by atoms with Crippen molar-refractivity contribution in [3.05, 3.63) is 23.7 Å². The zero-order valence-electron chi connectivity index (χ0n) is 9.66. The number of hydrogen-bond acceptors (Lipinski definition) is 4. The lowest BCUT2D eigenvalue weighted by atomic mass is 10.2. The molecule has 0 saturated carbocycles. The van der Waals surface area contributed by atoms with Gasteiger partial charge in [0.2, 0.25) is 5.76 Å². The molecule has 0 saturated heterocycles. The number of hydrogen-bond donors (Lipinski definition) is 1. The van der Waals surface area contributed by atoms with Crippen LogP contribution in [-0.4, -0.2) is 18.6 Å². The molecule has 1 rings (SSSR count). The fourth-order valence-electron chi connectivity index (χ4n) is 1.42. The van der Waals surface area contributed by atoms with Gasteiger partial charge in [-0.2, -0.15) is 17.0 Å². The van der Waals surface area contributed by atoms with Crippen molar-refractivity contribution in [1.29, 1.82) is 5.26 Å². The van der Waals surface area contributed by atoms with Crippen molar-refractivity contribution in [2.75, 3.05) is 18.6 Å². The Morgan fingerprint density at radius 2 is 2.25 bits per heavy atom. The highest BCUT2D eigenvalue weighted by molar-refractivity contribution is 7.98. The van der Waals surface area contributed by atoms with Crippen LogP contribution < -0.4 is 5.32 Å². The smallest absolute Gasteiger partial charge is 0.203 e. The van der Waals surface area contributed by atoms with Crippen LogP contribution in [0.1, 0.15) is 30.8 Å². The van der Waals surface area contributed by atoms with Crippen LogP contribution in [0.3, 0.4) is 0 Å². The quantitative estimate of drug-likeness (QED) is 0.707. The van der Waals surface area contributed by atoms with Crippen LogP contribution in [0.2, 0.25) is 0 Å². The van der Waals surface area contributed by atoms with Gasteiger partial charge in [-0.3, -0.25) is 0 Å². The van der Waals surface area contributed by atoms with Gasteiger partial charge in [0.1, 0.15) is 11.8 Å². The summed E-state index contributed by atoms with van der Waals surface area (Å²) in [7, 11) is 0. The molecule has 88 valence electrons. The van der Waals surface area contributed by atoms with Crippen molar-refractivity contribution in [3.8, 4) is 6.07 Å². The van der Waals surface area contributed by atoms with E-state index in [1.807, 2.05) is 23.9 Å². The number of unbranched alkanes of at least 4 members (excludes halogenated alkanes) is 2. The van der Waals surface area contributed by atoms with Crippen molar-refractivity contribution in [3.63, 3.8) is 0 Å². The van der Waals surface area contributed by atoms with Crippen LogP contribution in [0.15, 0.2) is 16.5 Å². The summed E-state index contributed by atoms with van der Waals surface area (Å²) in [5.41, 5.74) is 0. The molecule has 0 radical (unpaired) electrons. The highest BCUT2D eigenvalue weighted by atomic mass is 32.2. The molecule has 3 nitrogen and oxygen atoms in total. The summed E-state index contributed by atoms with van der Waals surface area (Å²) in [6, 6.07) is 5.53. The molecule has 0 aliphatic heterocycles. The zero-order valence-corrected chi connectivity index (χ0v) is 10.5. The molecular formula is C12H18N2OS. The summed E-state index contributed by atoms with van der Waals surface area (Å²) in [5.74, 6) is 2.47. The molecule has 0 spiro atoms. The Kier molecular flexibility index (Phi) is 6.78. The van der Waals surface area contributed by atoms with Crippen molar-refractivity contribution in [1.82, 2.24) is 5.32 Å². The minimum absolute atomic E-state index is 0.386. The van der Waals surface area contributed by atoms with E-state index in [0.29, 0.717) is 12.3 Å². The number of nitrogens with zero attached hydrogens (tertiary/aromatic N) is 1. The van der Waals surface area contributed by atoms with Gasteiger partial charge < -0.3 is 9.73 Å². The highest BCUT2D eigenvalue weighted by Crippen LogP contribution is 2.06. The third kappa shape index (κ3) is 5.24. The standard InChI is InChI=1S/C12H18N2OS/c1-16-8-4-2-3-7-14-10-12-6-5-11(9-13)15-12/h5-6,14H,2-4,7-8,10H2,1H3. The van der Waals surface area contributed by atoms with E-state index < -0.39 is 0 Å². The van der Waals surface area contributed by atoms with Crippen LogP contribution in [0.5, 0.6) is 0 Å². The lowest BCUT2D eigenvalue weighted by Crippen LogP contribution is -2.14. The van der Waals surface area contributed by atoms with E-state index in [4.69, 9.17) is 9.68 Å². The topological polar surface area (TPSA) is 49.0 Å². The monoisotopic (exact) mass is 238 g/mol. The molecule has 0 aliphatic rings. The predicted molar refractivity (Wildman–Crippen MR) is 67.4 cm³/mol. The highest BCUT2D eigenvalue weighted by Gasteiger charge is 1.99. The lowest BCUT2D eigenvalue weighted by Gasteiger charge is -2.02. The lowest BCUT2D eigenvalue weighted by molar-refractivity contribution is 0.470. The molecule has 4 heteroatoms. The predicted octanol–water partition coefficient (Wildman–Crippen LogP) is 2.77. The Hall–Kier alpha value is -0.920. The molecule has 1 aromatic rings. The minimum atomic E-state index is 0.386. The number of furan rings is 1. The summed E-state index contributed by atoms with van der Waals surface area (Å²) < 4.78 is 5.25. The second-order valence-electron chi connectivity index (χ2n) is 3.61. The van der Waals surface area contributed by atoms with E-state index in [1.54, 1.807) is 6.07 Å². The molecule has 0 atom stereocenters. The van der Waals surface area contributed by atoms with E-state index in [0.717, 1.165) is 12.3 Å². The molecule has 0 aliphatic carbocycles. The Morgan fingerprint density at radius 3 is 2.94 bits per heavy atom. The first-order chi connectivity index (χ1) is 7.86. The maximum absolute atomic E-state index is 8.58. The van der Waals surface area contributed by atoms with Gasteiger partial charge in [-0.05, 0) is 43.5 Å². The first-order valence-electron chi connectivity index (χ1n) is 5.55. The van der Waals surface area contributed by atoms with Crippen molar-refractivity contribution >= 4 is 11.8 Å². The van der Waals surface area contributed by atoms with E-state index >= 15 is 0 Å². The normalized spacial score (nSPS) is 10.2. The molecule has 16 heavy (non-hydrogen) atoms. The van der Waals surface area contributed by atoms with Gasteiger partial charge in [0.05, 0.1) is 6.54 Å². The first-order valence-corrected chi connectivity index (χ1v) is 6.94. The van der Waals surface area contributed by atoms with Gasteiger partial charge in [-0.15, -0.1) is 0 Å². The van der Waals surface area contributed by atoms with Gasteiger partial charge >= 0.3 is 0 Å². The zero-order chi connectivity index (χ0) is 11.6. The third-order valence-electron chi connectivity index (χ3n) is 2.27. The van der Waals surface area contributed by atoms with Crippen LogP contribution in [0, 0.1) is 11.3 Å². The van der Waals surface area contributed by atoms with Gasteiger partial charge in [0.25, 0.3) is 0 Å². The van der Waals surface area contributed by atoms with Gasteiger partial charge in [0, 0.05) is 0 Å². The fraction of sp³-hybridized carbons (Fsp3) is 0.583. The summed E-state index contributed by atoms with van der Waals surface area (Å²) >= 11 is 1.90. The minimum Gasteiger partial charge on any atom is -0.449 e. The van der Waals surface area contributed by atoms with Crippen molar-refractivity contribution in [2.24, 2.45) is 0 Å². The molecule has 1 N–H and O–H groups in total. The third-order valence-corrected chi connectivity index (χ3v) is 2.97. The van der Waals surface area contributed by atoms with E-state index in [-0.39, 0.29) is 0 Å². The SMILES string of the molecule is CSCCCCCNCc1ccc(C#N)o1. The maximum Gasteiger partial charge on any atom is 0.203 e. The number of thioether (sulfide) groups is 1. The summed E-state index contributed by atoms with van der Waals surface area (Å²) in [6.07, 6.45) is 5.91. The molecule has 0 fully saturated rings. The Balaban J connectivity index is 2.01. The average molecular weight is 238 g/mol. The maximum atomic E-state index is 8.58. The van der Waals surface area contributed by atoms with E-state index in [2.05, 4.69) is 11.6 Å². The Labute approximate surface area is 101 Å². The molecule has 0 amide bonds. The molecule has 0 bridgehead atoms. The fourth-order valence-corrected chi connectivity index (χ4v) is 1.91. The molecule has 0 aromatic carbocycles. The molecular weight excluding hydrogens is 220 g/mol. The van der Waals surface area contributed by atoms with E-state index in [1.165, 1.54) is 25.0 Å². The summed E-state index contributed by atoms with van der Waals surface area (Å²) in [4.78, 5) is 0. The van der Waals surface area contributed by atoms with Crippen molar-refractivity contribution < 1.29 is 4.42 Å². The number of nitrogens with one attached hydrogen (secondary N) is 1. The Bertz CT molecular complexity index is 330. The summed E-state index contributed by atoms with van der Waals surface area (Å²) in [5, 5.41) is 11.9. The molecule has 0 unspecified atom stereocenters. The second-order valence-corrected chi connectivity index (χ2v) is 4.59. The number of rotatable bonds is 8. The van der Waals surface area contributed by atoms with Crippen LogP contribution in [0.4, 0.5) is 0 Å².